The van der Waals surface area contributed by atoms with E-state index >= 15 is 0 Å². The predicted molar refractivity (Wildman–Crippen MR) is 138 cm³/mol. The Morgan fingerprint density at radius 1 is 0.778 bits per heavy atom. The number of morpholine rings is 1. The van der Waals surface area contributed by atoms with Crippen LogP contribution in [0.25, 0.3) is 0 Å². The standard InChI is InChI=1S/C29H35N3O4/c33-28(22-26-10-5-2-6-11-26)32(16-15-30-17-20-35-21-18-30)24-29(34)31(23-27-12-7-19-36-27)14-13-25-8-3-1-4-9-25/h1-12,19H,13-18,20-24H2. The summed E-state index contributed by atoms with van der Waals surface area (Å²) in [6.45, 7) is 5.29. The molecule has 2 heterocycles. The Balaban J connectivity index is 1.44. The van der Waals surface area contributed by atoms with Crippen molar-refractivity contribution in [2.45, 2.75) is 19.4 Å². The average Bonchev–Trinajstić information content (AvgIpc) is 3.44. The lowest BCUT2D eigenvalue weighted by Gasteiger charge is -2.31. The lowest BCUT2D eigenvalue weighted by atomic mass is 10.1. The van der Waals surface area contributed by atoms with Gasteiger partial charge in [0.1, 0.15) is 5.76 Å². The number of hydrogen-bond acceptors (Lipinski definition) is 5. The van der Waals surface area contributed by atoms with Crippen LogP contribution in [0, 0.1) is 0 Å². The Morgan fingerprint density at radius 2 is 1.47 bits per heavy atom. The maximum atomic E-state index is 13.6. The van der Waals surface area contributed by atoms with Gasteiger partial charge in [0.15, 0.2) is 0 Å². The number of rotatable bonds is 12. The van der Waals surface area contributed by atoms with E-state index in [0.29, 0.717) is 32.8 Å². The van der Waals surface area contributed by atoms with Crippen LogP contribution in [0.2, 0.25) is 0 Å². The van der Waals surface area contributed by atoms with Crippen molar-refractivity contribution in [3.05, 3.63) is 95.9 Å². The minimum absolute atomic E-state index is 0.0381. The number of carbonyl (C=O) groups is 2. The Hall–Kier alpha value is -3.42. The van der Waals surface area contributed by atoms with Crippen LogP contribution in [0.3, 0.4) is 0 Å². The van der Waals surface area contributed by atoms with Crippen molar-refractivity contribution in [3.8, 4) is 0 Å². The van der Waals surface area contributed by atoms with E-state index in [-0.39, 0.29) is 24.8 Å². The van der Waals surface area contributed by atoms with Crippen molar-refractivity contribution in [1.82, 2.24) is 14.7 Å². The monoisotopic (exact) mass is 489 g/mol. The molecule has 0 saturated carbocycles. The molecule has 0 radical (unpaired) electrons. The lowest BCUT2D eigenvalue weighted by Crippen LogP contribution is -2.47. The van der Waals surface area contributed by atoms with Gasteiger partial charge in [-0.3, -0.25) is 14.5 Å². The molecule has 3 aromatic rings. The van der Waals surface area contributed by atoms with Gasteiger partial charge in [-0.1, -0.05) is 60.7 Å². The van der Waals surface area contributed by atoms with Gasteiger partial charge in [-0.2, -0.15) is 0 Å². The van der Waals surface area contributed by atoms with Crippen LogP contribution in [0.4, 0.5) is 0 Å². The minimum atomic E-state index is -0.0780. The first-order chi connectivity index (χ1) is 17.7. The van der Waals surface area contributed by atoms with E-state index in [1.54, 1.807) is 16.1 Å². The molecule has 0 bridgehead atoms. The SMILES string of the molecule is O=C(Cc1ccccc1)N(CCN1CCOCC1)CC(=O)N(CCc1ccccc1)Cc1ccco1. The highest BCUT2D eigenvalue weighted by Crippen LogP contribution is 2.11. The molecular weight excluding hydrogens is 454 g/mol. The summed E-state index contributed by atoms with van der Waals surface area (Å²) in [5.41, 5.74) is 2.11. The van der Waals surface area contributed by atoms with Crippen molar-refractivity contribution in [1.29, 1.82) is 0 Å². The molecule has 0 spiro atoms. The van der Waals surface area contributed by atoms with Crippen LogP contribution >= 0.6 is 0 Å². The van der Waals surface area contributed by atoms with Gasteiger partial charge < -0.3 is 19.0 Å². The van der Waals surface area contributed by atoms with Gasteiger partial charge in [-0.05, 0) is 29.7 Å². The molecule has 7 heteroatoms. The summed E-state index contributed by atoms with van der Waals surface area (Å²) in [4.78, 5) is 32.7. The summed E-state index contributed by atoms with van der Waals surface area (Å²) in [5, 5.41) is 0. The number of amides is 2. The fraction of sp³-hybridized carbons (Fsp3) is 0.379. The second-order valence-electron chi connectivity index (χ2n) is 9.06. The number of furan rings is 1. The van der Waals surface area contributed by atoms with E-state index in [1.165, 1.54) is 5.56 Å². The lowest BCUT2D eigenvalue weighted by molar-refractivity contribution is -0.141. The van der Waals surface area contributed by atoms with Crippen LogP contribution in [0.1, 0.15) is 16.9 Å². The molecule has 0 aliphatic carbocycles. The maximum absolute atomic E-state index is 13.6. The molecule has 7 nitrogen and oxygen atoms in total. The number of ether oxygens (including phenoxy) is 1. The highest BCUT2D eigenvalue weighted by molar-refractivity contribution is 5.86. The third-order valence-corrected chi connectivity index (χ3v) is 6.46. The van der Waals surface area contributed by atoms with Gasteiger partial charge >= 0.3 is 0 Å². The summed E-state index contributed by atoms with van der Waals surface area (Å²) < 4.78 is 11.0. The molecule has 0 N–H and O–H groups in total. The van der Waals surface area contributed by atoms with Gasteiger partial charge in [0, 0.05) is 32.7 Å². The van der Waals surface area contributed by atoms with Gasteiger partial charge in [-0.25, -0.2) is 0 Å². The van der Waals surface area contributed by atoms with Crippen molar-refractivity contribution >= 4 is 11.8 Å². The van der Waals surface area contributed by atoms with Crippen LogP contribution in [0.15, 0.2) is 83.5 Å². The normalized spacial score (nSPS) is 13.9. The van der Waals surface area contributed by atoms with Crippen LogP contribution < -0.4 is 0 Å². The first-order valence-electron chi connectivity index (χ1n) is 12.6. The topological polar surface area (TPSA) is 66.2 Å². The van der Waals surface area contributed by atoms with E-state index in [0.717, 1.165) is 37.4 Å². The smallest absolute Gasteiger partial charge is 0.242 e. The van der Waals surface area contributed by atoms with Gasteiger partial charge in [0.25, 0.3) is 0 Å². The number of benzene rings is 2. The molecule has 2 aromatic carbocycles. The molecule has 4 rings (SSSR count). The number of carbonyl (C=O) groups excluding carboxylic acids is 2. The summed E-state index contributed by atoms with van der Waals surface area (Å²) in [7, 11) is 0. The van der Waals surface area contributed by atoms with Crippen molar-refractivity contribution in [3.63, 3.8) is 0 Å². The van der Waals surface area contributed by atoms with Crippen molar-refractivity contribution in [2.24, 2.45) is 0 Å². The third-order valence-electron chi connectivity index (χ3n) is 6.46. The second kappa shape index (κ2) is 13.6. The van der Waals surface area contributed by atoms with Gasteiger partial charge in [-0.15, -0.1) is 0 Å². The highest BCUT2D eigenvalue weighted by atomic mass is 16.5. The second-order valence-corrected chi connectivity index (χ2v) is 9.06. The van der Waals surface area contributed by atoms with Gasteiger partial charge in [0.05, 0.1) is 39.0 Å². The molecule has 2 amide bonds. The van der Waals surface area contributed by atoms with Crippen LogP contribution in [0.5, 0.6) is 0 Å². The molecule has 1 aromatic heterocycles. The van der Waals surface area contributed by atoms with Crippen LogP contribution in [-0.4, -0.2) is 79.0 Å². The summed E-state index contributed by atoms with van der Waals surface area (Å²) in [6.07, 6.45) is 2.63. The zero-order valence-corrected chi connectivity index (χ0v) is 20.8. The first kappa shape index (κ1) is 25.7. The Bertz CT molecular complexity index is 1050. The minimum Gasteiger partial charge on any atom is -0.467 e. The number of nitrogens with zero attached hydrogens (tertiary/aromatic N) is 3. The zero-order chi connectivity index (χ0) is 25.0. The average molecular weight is 490 g/mol. The fourth-order valence-electron chi connectivity index (χ4n) is 4.32. The molecule has 1 aliphatic rings. The molecule has 36 heavy (non-hydrogen) atoms. The Morgan fingerprint density at radius 3 is 2.14 bits per heavy atom. The Labute approximate surface area is 213 Å². The highest BCUT2D eigenvalue weighted by Gasteiger charge is 2.23. The van der Waals surface area contributed by atoms with E-state index in [4.69, 9.17) is 9.15 Å². The van der Waals surface area contributed by atoms with E-state index < -0.39 is 0 Å². The summed E-state index contributed by atoms with van der Waals surface area (Å²) in [5.74, 6) is 0.612. The summed E-state index contributed by atoms with van der Waals surface area (Å²) >= 11 is 0. The molecule has 0 unspecified atom stereocenters. The van der Waals surface area contributed by atoms with E-state index in [9.17, 15) is 9.59 Å². The van der Waals surface area contributed by atoms with Crippen LogP contribution in [-0.2, 0) is 33.7 Å². The Kier molecular flexibility index (Phi) is 9.70. The molecule has 1 fully saturated rings. The molecule has 1 saturated heterocycles. The molecule has 0 atom stereocenters. The predicted octanol–water partition coefficient (Wildman–Crippen LogP) is 3.25. The van der Waals surface area contributed by atoms with Crippen molar-refractivity contribution in [2.75, 3.05) is 52.5 Å². The molecule has 1 aliphatic heterocycles. The first-order valence-corrected chi connectivity index (χ1v) is 12.6. The largest absolute Gasteiger partial charge is 0.467 e. The van der Waals surface area contributed by atoms with E-state index in [1.807, 2.05) is 60.7 Å². The quantitative estimate of drug-likeness (QED) is 0.391. The van der Waals surface area contributed by atoms with Crippen molar-refractivity contribution < 1.29 is 18.7 Å². The maximum Gasteiger partial charge on any atom is 0.242 e. The fourth-order valence-corrected chi connectivity index (χ4v) is 4.32. The number of hydrogen-bond donors (Lipinski definition) is 0. The summed E-state index contributed by atoms with van der Waals surface area (Å²) in [6, 6.07) is 23.5. The third kappa shape index (κ3) is 8.07. The zero-order valence-electron chi connectivity index (χ0n) is 20.8. The van der Waals surface area contributed by atoms with Gasteiger partial charge in [0.2, 0.25) is 11.8 Å². The molecule has 190 valence electrons. The van der Waals surface area contributed by atoms with E-state index in [2.05, 4.69) is 17.0 Å². The molecular formula is C29H35N3O4.